The topological polar surface area (TPSA) is 115 Å². The van der Waals surface area contributed by atoms with Crippen LogP contribution in [-0.4, -0.2) is 45.1 Å². The Balaban J connectivity index is 3.98. The summed E-state index contributed by atoms with van der Waals surface area (Å²) in [4.78, 5) is 20.7. The molecule has 0 saturated heterocycles. The van der Waals surface area contributed by atoms with Gasteiger partial charge >= 0.3 is 11.9 Å². The second-order valence-corrected chi connectivity index (χ2v) is 2.98. The van der Waals surface area contributed by atoms with E-state index in [1.54, 1.807) is 0 Å². The molecular weight excluding hydrogens is 192 g/mol. The van der Waals surface area contributed by atoms with Gasteiger partial charge in [0.1, 0.15) is 0 Å². The number of hydrogen-bond acceptors (Lipinski definition) is 4. The third kappa shape index (κ3) is 4.78. The molecule has 0 aromatic carbocycles. The van der Waals surface area contributed by atoms with Gasteiger partial charge in [0, 0.05) is 6.42 Å². The molecule has 0 rings (SSSR count). The monoisotopic (exact) mass is 206 g/mol. The largest absolute Gasteiger partial charge is 0.481 e. The van der Waals surface area contributed by atoms with E-state index in [1.807, 2.05) is 0 Å². The summed E-state index contributed by atoms with van der Waals surface area (Å²) in [5.41, 5.74) is 0. The summed E-state index contributed by atoms with van der Waals surface area (Å²) >= 11 is 0. The minimum atomic E-state index is -1.33. The molecule has 0 radical (unpaired) electrons. The Morgan fingerprint density at radius 1 is 1.21 bits per heavy atom. The number of carboxylic acids is 2. The van der Waals surface area contributed by atoms with E-state index in [9.17, 15) is 9.59 Å². The van der Waals surface area contributed by atoms with Crippen LogP contribution in [0, 0.1) is 5.92 Å². The SMILES string of the molecule is O=C(O)CCCC(C(=O)O)C(O)CO. The van der Waals surface area contributed by atoms with Crippen LogP contribution < -0.4 is 0 Å². The van der Waals surface area contributed by atoms with Crippen molar-refractivity contribution in [2.24, 2.45) is 5.92 Å². The Morgan fingerprint density at radius 3 is 2.14 bits per heavy atom. The van der Waals surface area contributed by atoms with Crippen molar-refractivity contribution >= 4 is 11.9 Å². The Hall–Kier alpha value is -1.14. The van der Waals surface area contributed by atoms with E-state index in [0.29, 0.717) is 0 Å². The van der Waals surface area contributed by atoms with Crippen molar-refractivity contribution in [3.05, 3.63) is 0 Å². The third-order valence-electron chi connectivity index (χ3n) is 1.87. The molecule has 0 aromatic heterocycles. The molecule has 0 aliphatic heterocycles. The van der Waals surface area contributed by atoms with Gasteiger partial charge in [0.25, 0.3) is 0 Å². The lowest BCUT2D eigenvalue weighted by molar-refractivity contribution is -0.148. The molecule has 0 heterocycles. The first-order valence-electron chi connectivity index (χ1n) is 4.22. The standard InChI is InChI=1S/C8H14O6/c9-4-6(10)5(8(13)14)2-1-3-7(11)12/h5-6,9-10H,1-4H2,(H,11,12)(H,13,14). The first-order valence-corrected chi connectivity index (χ1v) is 4.22. The van der Waals surface area contributed by atoms with Crippen LogP contribution >= 0.6 is 0 Å². The average Bonchev–Trinajstić information content (AvgIpc) is 2.10. The van der Waals surface area contributed by atoms with Crippen LogP contribution in [0.25, 0.3) is 0 Å². The Bertz CT molecular complexity index is 202. The number of aliphatic carboxylic acids is 2. The molecule has 0 fully saturated rings. The molecule has 0 aliphatic carbocycles. The van der Waals surface area contributed by atoms with E-state index in [0.717, 1.165) is 0 Å². The molecule has 14 heavy (non-hydrogen) atoms. The fraction of sp³-hybridized carbons (Fsp3) is 0.750. The quantitative estimate of drug-likeness (QED) is 0.437. The predicted octanol–water partition coefficient (Wildman–Crippen LogP) is -0.705. The molecule has 4 N–H and O–H groups in total. The van der Waals surface area contributed by atoms with E-state index in [-0.39, 0.29) is 19.3 Å². The fourth-order valence-corrected chi connectivity index (χ4v) is 1.08. The summed E-state index contributed by atoms with van der Waals surface area (Å²) in [6, 6.07) is 0. The molecule has 0 aliphatic rings. The molecule has 0 bridgehead atoms. The van der Waals surface area contributed by atoms with Crippen LogP contribution in [0.4, 0.5) is 0 Å². The lowest BCUT2D eigenvalue weighted by atomic mass is 9.96. The normalized spacial score (nSPS) is 14.7. The van der Waals surface area contributed by atoms with Gasteiger partial charge in [-0.2, -0.15) is 0 Å². The summed E-state index contributed by atoms with van der Waals surface area (Å²) in [5, 5.41) is 34.5. The highest BCUT2D eigenvalue weighted by molar-refractivity contribution is 5.71. The van der Waals surface area contributed by atoms with Gasteiger partial charge in [-0.3, -0.25) is 9.59 Å². The molecule has 82 valence electrons. The second-order valence-electron chi connectivity index (χ2n) is 2.98. The predicted molar refractivity (Wildman–Crippen MR) is 45.7 cm³/mol. The summed E-state index contributed by atoms with van der Waals surface area (Å²) < 4.78 is 0. The Labute approximate surface area is 80.8 Å². The first kappa shape index (κ1) is 12.9. The van der Waals surface area contributed by atoms with Crippen LogP contribution in [0.2, 0.25) is 0 Å². The zero-order valence-electron chi connectivity index (χ0n) is 7.59. The van der Waals surface area contributed by atoms with Crippen LogP contribution in [0.3, 0.4) is 0 Å². The number of aliphatic hydroxyl groups excluding tert-OH is 2. The van der Waals surface area contributed by atoms with Gasteiger partial charge in [-0.1, -0.05) is 0 Å². The third-order valence-corrected chi connectivity index (χ3v) is 1.87. The highest BCUT2D eigenvalue weighted by atomic mass is 16.4. The Morgan fingerprint density at radius 2 is 1.79 bits per heavy atom. The summed E-state index contributed by atoms with van der Waals surface area (Å²) in [6.07, 6.45) is -1.25. The maximum atomic E-state index is 10.6. The van der Waals surface area contributed by atoms with E-state index >= 15 is 0 Å². The maximum Gasteiger partial charge on any atom is 0.309 e. The van der Waals surface area contributed by atoms with E-state index in [4.69, 9.17) is 20.4 Å². The zero-order valence-corrected chi connectivity index (χ0v) is 7.59. The molecule has 0 aromatic rings. The van der Waals surface area contributed by atoms with Gasteiger partial charge in [0.15, 0.2) is 0 Å². The van der Waals surface area contributed by atoms with Crippen molar-refractivity contribution in [2.45, 2.75) is 25.4 Å². The van der Waals surface area contributed by atoms with Crippen molar-refractivity contribution in [3.63, 3.8) is 0 Å². The van der Waals surface area contributed by atoms with Crippen LogP contribution in [0.1, 0.15) is 19.3 Å². The minimum absolute atomic E-state index is 0.0450. The summed E-state index contributed by atoms with van der Waals surface area (Å²) in [7, 11) is 0. The van der Waals surface area contributed by atoms with Crippen LogP contribution in [0.15, 0.2) is 0 Å². The van der Waals surface area contributed by atoms with E-state index in [1.165, 1.54) is 0 Å². The molecule has 0 saturated carbocycles. The van der Waals surface area contributed by atoms with Gasteiger partial charge in [-0.15, -0.1) is 0 Å². The molecule has 0 spiro atoms. The number of carbonyl (C=O) groups is 2. The number of hydrogen-bond donors (Lipinski definition) is 4. The van der Waals surface area contributed by atoms with Gasteiger partial charge in [-0.25, -0.2) is 0 Å². The van der Waals surface area contributed by atoms with Crippen molar-refractivity contribution < 1.29 is 30.0 Å². The average molecular weight is 206 g/mol. The molecular formula is C8H14O6. The summed E-state index contributed by atoms with van der Waals surface area (Å²) in [5.74, 6) is -3.33. The van der Waals surface area contributed by atoms with Gasteiger partial charge in [-0.05, 0) is 12.8 Å². The number of aliphatic hydroxyl groups is 2. The van der Waals surface area contributed by atoms with Crippen molar-refractivity contribution in [2.75, 3.05) is 6.61 Å². The van der Waals surface area contributed by atoms with Gasteiger partial charge < -0.3 is 20.4 Å². The van der Waals surface area contributed by atoms with Gasteiger partial charge in [0.05, 0.1) is 18.6 Å². The van der Waals surface area contributed by atoms with Crippen molar-refractivity contribution in [1.82, 2.24) is 0 Å². The molecule has 6 heteroatoms. The highest BCUT2D eigenvalue weighted by Crippen LogP contribution is 2.13. The first-order chi connectivity index (χ1) is 6.49. The van der Waals surface area contributed by atoms with Gasteiger partial charge in [0.2, 0.25) is 0 Å². The van der Waals surface area contributed by atoms with Crippen molar-refractivity contribution in [1.29, 1.82) is 0 Å². The second kappa shape index (κ2) is 6.33. The highest BCUT2D eigenvalue weighted by Gasteiger charge is 2.25. The van der Waals surface area contributed by atoms with Crippen LogP contribution in [-0.2, 0) is 9.59 Å². The number of rotatable bonds is 7. The Kier molecular flexibility index (Phi) is 5.82. The molecule has 6 nitrogen and oxygen atoms in total. The summed E-state index contributed by atoms with van der Waals surface area (Å²) in [6.45, 7) is -0.635. The fourth-order valence-electron chi connectivity index (χ4n) is 1.08. The van der Waals surface area contributed by atoms with Crippen molar-refractivity contribution in [3.8, 4) is 0 Å². The molecule has 0 amide bonds. The maximum absolute atomic E-state index is 10.6. The smallest absolute Gasteiger partial charge is 0.309 e. The molecule has 2 atom stereocenters. The molecule has 2 unspecified atom stereocenters. The van der Waals surface area contributed by atoms with E-state index in [2.05, 4.69) is 0 Å². The lowest BCUT2D eigenvalue weighted by Gasteiger charge is -2.16. The lowest BCUT2D eigenvalue weighted by Crippen LogP contribution is -2.31. The zero-order chi connectivity index (χ0) is 11.1. The number of carboxylic acid groups (broad SMARTS) is 2. The minimum Gasteiger partial charge on any atom is -0.481 e. The van der Waals surface area contributed by atoms with E-state index < -0.39 is 30.6 Å². The van der Waals surface area contributed by atoms with Crippen LogP contribution in [0.5, 0.6) is 0 Å².